The number of ether oxygens (including phenoxy) is 1. The number of hydrogen-bond acceptors (Lipinski definition) is 2. The normalized spacial score (nSPS) is 22.4. The maximum absolute atomic E-state index is 13.0. The van der Waals surface area contributed by atoms with Gasteiger partial charge in [0.1, 0.15) is 11.6 Å². The maximum atomic E-state index is 13.0. The van der Waals surface area contributed by atoms with Gasteiger partial charge in [-0.25, -0.2) is 8.78 Å². The second-order valence-corrected chi connectivity index (χ2v) is 4.45. The van der Waals surface area contributed by atoms with Crippen LogP contribution >= 0.6 is 0 Å². The van der Waals surface area contributed by atoms with Crippen LogP contribution in [0, 0.1) is 11.6 Å². The minimum absolute atomic E-state index is 0.213. The predicted octanol–water partition coefficient (Wildman–Crippen LogP) is 2.44. The maximum Gasteiger partial charge on any atom is 0.126 e. The smallest absolute Gasteiger partial charge is 0.126 e. The fourth-order valence-electron chi connectivity index (χ4n) is 2.17. The van der Waals surface area contributed by atoms with Crippen molar-refractivity contribution in [2.45, 2.75) is 37.9 Å². The third-order valence-corrected chi connectivity index (χ3v) is 3.01. The lowest BCUT2D eigenvalue weighted by atomic mass is 9.98. The lowest BCUT2D eigenvalue weighted by molar-refractivity contribution is -0.0611. The van der Waals surface area contributed by atoms with Crippen LogP contribution in [0.2, 0.25) is 0 Å². The van der Waals surface area contributed by atoms with E-state index in [1.165, 1.54) is 12.1 Å². The van der Waals surface area contributed by atoms with E-state index in [1.54, 1.807) is 0 Å². The van der Waals surface area contributed by atoms with Gasteiger partial charge in [-0.1, -0.05) is 0 Å². The van der Waals surface area contributed by atoms with E-state index in [0.29, 0.717) is 12.2 Å². The molecule has 0 bridgehead atoms. The van der Waals surface area contributed by atoms with Crippen LogP contribution in [0.3, 0.4) is 0 Å². The Morgan fingerprint density at radius 1 is 1.24 bits per heavy atom. The van der Waals surface area contributed by atoms with E-state index in [9.17, 15) is 13.9 Å². The lowest BCUT2D eigenvalue weighted by Crippen LogP contribution is -2.33. The molecule has 2 unspecified atom stereocenters. The number of aliphatic hydroxyl groups excluding tert-OH is 1. The highest BCUT2D eigenvalue weighted by Crippen LogP contribution is 2.19. The van der Waals surface area contributed by atoms with Crippen molar-refractivity contribution in [1.29, 1.82) is 0 Å². The average molecular weight is 242 g/mol. The van der Waals surface area contributed by atoms with Crippen LogP contribution in [0.15, 0.2) is 18.2 Å². The van der Waals surface area contributed by atoms with Gasteiger partial charge in [-0.05, 0) is 37.0 Å². The first-order chi connectivity index (χ1) is 8.15. The Morgan fingerprint density at radius 3 is 2.53 bits per heavy atom. The van der Waals surface area contributed by atoms with E-state index in [0.717, 1.165) is 25.3 Å². The summed E-state index contributed by atoms with van der Waals surface area (Å²) in [4.78, 5) is 0. The first-order valence-electron chi connectivity index (χ1n) is 5.90. The molecule has 2 rings (SSSR count). The molecule has 1 aliphatic rings. The quantitative estimate of drug-likeness (QED) is 0.882. The minimum Gasteiger partial charge on any atom is -0.390 e. The van der Waals surface area contributed by atoms with E-state index in [4.69, 9.17) is 4.74 Å². The largest absolute Gasteiger partial charge is 0.390 e. The van der Waals surface area contributed by atoms with E-state index in [1.807, 2.05) is 0 Å². The van der Waals surface area contributed by atoms with Gasteiger partial charge in [0.25, 0.3) is 0 Å². The zero-order chi connectivity index (χ0) is 12.3. The van der Waals surface area contributed by atoms with Gasteiger partial charge in [-0.2, -0.15) is 0 Å². The molecule has 1 aromatic carbocycles. The van der Waals surface area contributed by atoms with Crippen LogP contribution < -0.4 is 0 Å². The van der Waals surface area contributed by atoms with Gasteiger partial charge in [0.2, 0.25) is 0 Å². The topological polar surface area (TPSA) is 29.5 Å². The molecule has 17 heavy (non-hydrogen) atoms. The summed E-state index contributed by atoms with van der Waals surface area (Å²) in [5.74, 6) is -1.23. The van der Waals surface area contributed by atoms with Crippen LogP contribution in [-0.2, 0) is 11.2 Å². The first kappa shape index (κ1) is 12.5. The fraction of sp³-hybridized carbons (Fsp3) is 0.538. The van der Waals surface area contributed by atoms with Gasteiger partial charge in [0, 0.05) is 19.1 Å². The monoisotopic (exact) mass is 242 g/mol. The second-order valence-electron chi connectivity index (χ2n) is 4.45. The molecule has 1 saturated heterocycles. The van der Waals surface area contributed by atoms with E-state index >= 15 is 0 Å². The summed E-state index contributed by atoms with van der Waals surface area (Å²) in [5, 5.41) is 9.94. The van der Waals surface area contributed by atoms with Crippen molar-refractivity contribution < 1.29 is 18.6 Å². The summed E-state index contributed by atoms with van der Waals surface area (Å²) in [7, 11) is 0. The Kier molecular flexibility index (Phi) is 4.07. The third-order valence-electron chi connectivity index (χ3n) is 3.01. The molecule has 1 aromatic rings. The van der Waals surface area contributed by atoms with Gasteiger partial charge in [0.05, 0.1) is 12.2 Å². The molecule has 0 aromatic heterocycles. The first-order valence-corrected chi connectivity index (χ1v) is 5.90. The Bertz CT molecular complexity index is 355. The Hall–Kier alpha value is -1.00. The number of halogens is 2. The summed E-state index contributed by atoms with van der Waals surface area (Å²) in [6, 6.07) is 3.32. The highest BCUT2D eigenvalue weighted by Gasteiger charge is 2.22. The van der Waals surface area contributed by atoms with Crippen molar-refractivity contribution in [2.24, 2.45) is 0 Å². The Balaban J connectivity index is 1.99. The third kappa shape index (κ3) is 3.48. The highest BCUT2D eigenvalue weighted by molar-refractivity contribution is 5.18. The molecule has 94 valence electrons. The second kappa shape index (κ2) is 5.56. The van der Waals surface area contributed by atoms with Crippen LogP contribution in [0.25, 0.3) is 0 Å². The van der Waals surface area contributed by atoms with Crippen LogP contribution in [0.4, 0.5) is 8.78 Å². The van der Waals surface area contributed by atoms with Crippen LogP contribution in [0.1, 0.15) is 24.8 Å². The molecular weight excluding hydrogens is 226 g/mol. The van der Waals surface area contributed by atoms with Crippen LogP contribution in [0.5, 0.6) is 0 Å². The highest BCUT2D eigenvalue weighted by atomic mass is 19.1. The molecule has 1 fully saturated rings. The molecule has 1 aliphatic heterocycles. The summed E-state index contributed by atoms with van der Waals surface area (Å²) in [6.45, 7) is 0.652. The number of benzene rings is 1. The number of rotatable bonds is 3. The summed E-state index contributed by atoms with van der Waals surface area (Å²) >= 11 is 0. The molecule has 0 spiro atoms. The zero-order valence-electron chi connectivity index (χ0n) is 9.53. The van der Waals surface area contributed by atoms with Gasteiger partial charge in [-0.3, -0.25) is 0 Å². The van der Waals surface area contributed by atoms with Crippen molar-refractivity contribution >= 4 is 0 Å². The average Bonchev–Trinajstić information content (AvgIpc) is 2.28. The molecule has 1 heterocycles. The fourth-order valence-corrected chi connectivity index (χ4v) is 2.17. The van der Waals surface area contributed by atoms with E-state index in [-0.39, 0.29) is 12.5 Å². The summed E-state index contributed by atoms with van der Waals surface area (Å²) < 4.78 is 31.4. The van der Waals surface area contributed by atoms with Gasteiger partial charge < -0.3 is 9.84 Å². The van der Waals surface area contributed by atoms with Crippen molar-refractivity contribution in [3.05, 3.63) is 35.4 Å². The van der Waals surface area contributed by atoms with E-state index < -0.39 is 17.7 Å². The van der Waals surface area contributed by atoms with Crippen molar-refractivity contribution in [3.63, 3.8) is 0 Å². The SMILES string of the molecule is OC(Cc1cc(F)cc(F)c1)C1CCCCO1. The predicted molar refractivity (Wildman–Crippen MR) is 59.7 cm³/mol. The molecule has 2 atom stereocenters. The molecule has 0 radical (unpaired) electrons. The number of aliphatic hydroxyl groups is 1. The molecule has 1 N–H and O–H groups in total. The minimum atomic E-state index is -0.698. The standard InChI is InChI=1S/C13H16F2O2/c14-10-5-9(6-11(15)8-10)7-12(16)13-3-1-2-4-17-13/h5-6,8,12-13,16H,1-4,7H2. The lowest BCUT2D eigenvalue weighted by Gasteiger charge is -2.27. The molecular formula is C13H16F2O2. The van der Waals surface area contributed by atoms with Gasteiger partial charge in [-0.15, -0.1) is 0 Å². The van der Waals surface area contributed by atoms with Gasteiger partial charge in [0.15, 0.2) is 0 Å². The Labute approximate surface area is 99.2 Å². The summed E-state index contributed by atoms with van der Waals surface area (Å²) in [6.07, 6.45) is 2.15. The van der Waals surface area contributed by atoms with Crippen molar-refractivity contribution in [1.82, 2.24) is 0 Å². The summed E-state index contributed by atoms with van der Waals surface area (Å²) in [5.41, 5.74) is 0.462. The molecule has 0 aliphatic carbocycles. The van der Waals surface area contributed by atoms with E-state index in [2.05, 4.69) is 0 Å². The van der Waals surface area contributed by atoms with Gasteiger partial charge >= 0.3 is 0 Å². The molecule has 4 heteroatoms. The number of hydrogen-bond donors (Lipinski definition) is 1. The van der Waals surface area contributed by atoms with Crippen molar-refractivity contribution in [2.75, 3.05) is 6.61 Å². The Morgan fingerprint density at radius 2 is 1.94 bits per heavy atom. The molecule has 2 nitrogen and oxygen atoms in total. The van der Waals surface area contributed by atoms with Crippen molar-refractivity contribution in [3.8, 4) is 0 Å². The van der Waals surface area contributed by atoms with Crippen LogP contribution in [-0.4, -0.2) is 23.9 Å². The molecule has 0 amide bonds. The zero-order valence-corrected chi connectivity index (χ0v) is 9.53. The molecule has 0 saturated carbocycles.